The van der Waals surface area contributed by atoms with Crippen molar-refractivity contribution in [1.82, 2.24) is 10.3 Å². The number of hydrogen-bond acceptors (Lipinski definition) is 3. The molecule has 26 heavy (non-hydrogen) atoms. The average Bonchev–Trinajstić information content (AvgIpc) is 2.68. The molecule has 132 valence electrons. The Morgan fingerprint density at radius 2 is 1.73 bits per heavy atom. The van der Waals surface area contributed by atoms with Crippen LogP contribution in [0, 0.1) is 6.92 Å². The van der Waals surface area contributed by atoms with Gasteiger partial charge in [0, 0.05) is 19.3 Å². The number of nitrogens with zero attached hydrogens (tertiary/aromatic N) is 1. The summed E-state index contributed by atoms with van der Waals surface area (Å²) in [5.74, 6) is 0.660. The molecule has 0 fully saturated rings. The lowest BCUT2D eigenvalue weighted by Crippen LogP contribution is -2.23. The van der Waals surface area contributed by atoms with Crippen molar-refractivity contribution >= 4 is 11.7 Å². The van der Waals surface area contributed by atoms with Gasteiger partial charge in [-0.15, -0.1) is 0 Å². The maximum absolute atomic E-state index is 12.3. The summed E-state index contributed by atoms with van der Waals surface area (Å²) < 4.78 is 0. The van der Waals surface area contributed by atoms with E-state index in [1.165, 1.54) is 11.1 Å². The summed E-state index contributed by atoms with van der Waals surface area (Å²) in [5.41, 5.74) is 4.14. The molecule has 2 N–H and O–H groups in total. The average molecular weight is 345 g/mol. The molecule has 0 radical (unpaired) electrons. The van der Waals surface area contributed by atoms with Crippen LogP contribution in [0.2, 0.25) is 0 Å². The Hall–Kier alpha value is -3.14. The lowest BCUT2D eigenvalue weighted by Gasteiger charge is -2.09. The molecule has 1 heterocycles. The third-order valence-corrected chi connectivity index (χ3v) is 4.29. The van der Waals surface area contributed by atoms with Gasteiger partial charge in [0.1, 0.15) is 5.82 Å². The zero-order valence-electron chi connectivity index (χ0n) is 14.9. The maximum atomic E-state index is 12.3. The molecule has 0 aliphatic carbocycles. The first-order chi connectivity index (χ1) is 12.7. The van der Waals surface area contributed by atoms with Crippen molar-refractivity contribution in [2.45, 2.75) is 19.9 Å². The highest BCUT2D eigenvalue weighted by Crippen LogP contribution is 2.09. The first-order valence-corrected chi connectivity index (χ1v) is 8.79. The lowest BCUT2D eigenvalue weighted by atomic mass is 10.1. The summed E-state index contributed by atoms with van der Waals surface area (Å²) in [6.07, 6.45) is 2.54. The van der Waals surface area contributed by atoms with Gasteiger partial charge in [0.05, 0.1) is 5.56 Å². The fraction of sp³-hybridized carbons (Fsp3) is 0.182. The summed E-state index contributed by atoms with van der Waals surface area (Å²) in [6.45, 7) is 3.36. The molecule has 0 atom stereocenters. The fourth-order valence-corrected chi connectivity index (χ4v) is 2.70. The number of carbonyl (C=O) groups excluding carboxylic acids is 1. The topological polar surface area (TPSA) is 54.0 Å². The molecule has 0 unspecified atom stereocenters. The first kappa shape index (κ1) is 17.7. The highest BCUT2D eigenvalue weighted by molar-refractivity contribution is 5.94. The van der Waals surface area contributed by atoms with Gasteiger partial charge in [-0.05, 0) is 42.2 Å². The van der Waals surface area contributed by atoms with E-state index in [9.17, 15) is 4.79 Å². The van der Waals surface area contributed by atoms with E-state index in [-0.39, 0.29) is 5.91 Å². The molecule has 2 aromatic carbocycles. The zero-order chi connectivity index (χ0) is 18.2. The molecule has 4 heteroatoms. The third-order valence-electron chi connectivity index (χ3n) is 4.29. The van der Waals surface area contributed by atoms with Crippen LogP contribution in [0.5, 0.6) is 0 Å². The van der Waals surface area contributed by atoms with E-state index >= 15 is 0 Å². The smallest absolute Gasteiger partial charge is 0.253 e. The first-order valence-electron chi connectivity index (χ1n) is 8.79. The number of nitrogens with one attached hydrogen (secondary N) is 2. The Bertz CT molecular complexity index is 845. The number of carbonyl (C=O) groups is 1. The van der Waals surface area contributed by atoms with Crippen LogP contribution in [-0.2, 0) is 13.0 Å². The van der Waals surface area contributed by atoms with Crippen molar-refractivity contribution in [1.29, 1.82) is 0 Å². The molecular weight excluding hydrogens is 322 g/mol. The van der Waals surface area contributed by atoms with Crippen LogP contribution in [0.1, 0.15) is 27.0 Å². The molecule has 0 bridgehead atoms. The molecule has 0 spiro atoms. The van der Waals surface area contributed by atoms with Crippen LogP contribution >= 0.6 is 0 Å². The van der Waals surface area contributed by atoms with E-state index in [2.05, 4.69) is 27.8 Å². The predicted octanol–water partition coefficient (Wildman–Crippen LogP) is 3.97. The second kappa shape index (κ2) is 8.81. The number of hydrogen-bond donors (Lipinski definition) is 2. The highest BCUT2D eigenvalue weighted by atomic mass is 16.1. The molecule has 0 aliphatic heterocycles. The summed E-state index contributed by atoms with van der Waals surface area (Å²) >= 11 is 0. The summed E-state index contributed by atoms with van der Waals surface area (Å²) in [4.78, 5) is 16.6. The lowest BCUT2D eigenvalue weighted by molar-refractivity contribution is 0.0950. The van der Waals surface area contributed by atoms with Crippen molar-refractivity contribution in [3.05, 3.63) is 95.2 Å². The number of rotatable bonds is 7. The minimum Gasteiger partial charge on any atom is -0.370 e. The number of anilines is 1. The van der Waals surface area contributed by atoms with E-state index in [1.807, 2.05) is 55.5 Å². The Morgan fingerprint density at radius 1 is 0.962 bits per heavy atom. The Kier molecular flexibility index (Phi) is 5.99. The number of amides is 1. The third kappa shape index (κ3) is 4.93. The van der Waals surface area contributed by atoms with Gasteiger partial charge in [-0.3, -0.25) is 4.79 Å². The summed E-state index contributed by atoms with van der Waals surface area (Å²) in [7, 11) is 0. The normalized spacial score (nSPS) is 10.3. The van der Waals surface area contributed by atoms with E-state index in [4.69, 9.17) is 0 Å². The highest BCUT2D eigenvalue weighted by Gasteiger charge is 2.07. The van der Waals surface area contributed by atoms with Crippen molar-refractivity contribution in [3.8, 4) is 0 Å². The molecular formula is C22H23N3O. The van der Waals surface area contributed by atoms with Gasteiger partial charge < -0.3 is 10.6 Å². The van der Waals surface area contributed by atoms with Crippen molar-refractivity contribution in [2.24, 2.45) is 0 Å². The molecule has 3 rings (SSSR count). The Labute approximate surface area is 154 Å². The molecule has 0 saturated carbocycles. The number of aryl methyl sites for hydroxylation is 1. The maximum Gasteiger partial charge on any atom is 0.253 e. The minimum atomic E-state index is -0.114. The number of pyridine rings is 1. The fourth-order valence-electron chi connectivity index (χ4n) is 2.70. The van der Waals surface area contributed by atoms with Crippen LogP contribution in [0.25, 0.3) is 0 Å². The van der Waals surface area contributed by atoms with E-state index in [0.717, 1.165) is 24.3 Å². The van der Waals surface area contributed by atoms with Crippen molar-refractivity contribution in [3.63, 3.8) is 0 Å². The standard InChI is InChI=1S/C22H23N3O/c1-17-7-5-6-10-19(17)15-25-22(26)20-11-12-21(24-16-20)23-14-13-18-8-3-2-4-9-18/h2-12,16H,13-15H2,1H3,(H,23,24)(H,25,26). The minimum absolute atomic E-state index is 0.114. The van der Waals surface area contributed by atoms with Crippen molar-refractivity contribution < 1.29 is 4.79 Å². The number of aromatic nitrogens is 1. The Morgan fingerprint density at radius 3 is 2.46 bits per heavy atom. The van der Waals surface area contributed by atoms with Crippen LogP contribution in [0.4, 0.5) is 5.82 Å². The quantitative estimate of drug-likeness (QED) is 0.681. The largest absolute Gasteiger partial charge is 0.370 e. The van der Waals surface area contributed by atoms with Gasteiger partial charge in [0.15, 0.2) is 0 Å². The molecule has 0 aliphatic rings. The van der Waals surface area contributed by atoms with Crippen LogP contribution < -0.4 is 10.6 Å². The van der Waals surface area contributed by atoms with Gasteiger partial charge in [0.25, 0.3) is 5.91 Å². The second-order valence-corrected chi connectivity index (χ2v) is 6.20. The van der Waals surface area contributed by atoms with Gasteiger partial charge in [-0.25, -0.2) is 4.98 Å². The molecule has 0 saturated heterocycles. The molecule has 3 aromatic rings. The van der Waals surface area contributed by atoms with Gasteiger partial charge in [-0.2, -0.15) is 0 Å². The Balaban J connectivity index is 1.49. The number of benzene rings is 2. The zero-order valence-corrected chi connectivity index (χ0v) is 14.9. The van der Waals surface area contributed by atoms with Crippen LogP contribution in [-0.4, -0.2) is 17.4 Å². The monoisotopic (exact) mass is 345 g/mol. The predicted molar refractivity (Wildman–Crippen MR) is 105 cm³/mol. The van der Waals surface area contributed by atoms with Crippen LogP contribution in [0.3, 0.4) is 0 Å². The van der Waals surface area contributed by atoms with Gasteiger partial charge in [0.2, 0.25) is 0 Å². The molecule has 1 amide bonds. The van der Waals surface area contributed by atoms with E-state index in [0.29, 0.717) is 12.1 Å². The summed E-state index contributed by atoms with van der Waals surface area (Å²) in [5, 5.41) is 6.22. The van der Waals surface area contributed by atoms with E-state index in [1.54, 1.807) is 12.3 Å². The van der Waals surface area contributed by atoms with E-state index < -0.39 is 0 Å². The molecule has 1 aromatic heterocycles. The van der Waals surface area contributed by atoms with Crippen molar-refractivity contribution in [2.75, 3.05) is 11.9 Å². The van der Waals surface area contributed by atoms with Gasteiger partial charge >= 0.3 is 0 Å². The summed E-state index contributed by atoms with van der Waals surface area (Å²) in [6, 6.07) is 22.0. The second-order valence-electron chi connectivity index (χ2n) is 6.20. The van der Waals surface area contributed by atoms with Crippen LogP contribution in [0.15, 0.2) is 72.9 Å². The SMILES string of the molecule is Cc1ccccc1CNC(=O)c1ccc(NCCc2ccccc2)nc1. The molecule has 4 nitrogen and oxygen atoms in total. The van der Waals surface area contributed by atoms with Gasteiger partial charge in [-0.1, -0.05) is 54.6 Å².